The summed E-state index contributed by atoms with van der Waals surface area (Å²) in [7, 11) is 0. The lowest BCUT2D eigenvalue weighted by Crippen LogP contribution is -1.97. The number of rotatable bonds is 4. The molecule has 4 rings (SSSR count). The van der Waals surface area contributed by atoms with Gasteiger partial charge in [-0.15, -0.1) is 0 Å². The molecule has 0 spiro atoms. The first-order chi connectivity index (χ1) is 15.0. The second kappa shape index (κ2) is 9.10. The second-order valence-electron chi connectivity index (χ2n) is 7.55. The first-order valence-electron chi connectivity index (χ1n) is 10.3. The van der Waals surface area contributed by atoms with Crippen LogP contribution in [0.25, 0.3) is 10.8 Å². The van der Waals surface area contributed by atoms with Crippen LogP contribution in [-0.2, 0) is 19.3 Å². The van der Waals surface area contributed by atoms with Crippen LogP contribution in [0, 0.1) is 29.3 Å². The molecule has 0 N–H and O–H groups in total. The summed E-state index contributed by atoms with van der Waals surface area (Å²) in [6.45, 7) is 1.99. The Morgan fingerprint density at radius 1 is 0.645 bits per heavy atom. The van der Waals surface area contributed by atoms with E-state index >= 15 is 0 Å². The van der Waals surface area contributed by atoms with E-state index in [0.29, 0.717) is 24.0 Å². The zero-order valence-electron chi connectivity index (χ0n) is 17.2. The van der Waals surface area contributed by atoms with E-state index in [-0.39, 0.29) is 11.6 Å². The van der Waals surface area contributed by atoms with Gasteiger partial charge in [-0.05, 0) is 89.2 Å². The molecule has 0 nitrogen and oxygen atoms in total. The summed E-state index contributed by atoms with van der Waals surface area (Å²) in [4.78, 5) is 0. The van der Waals surface area contributed by atoms with Gasteiger partial charge >= 0.3 is 0 Å². The lowest BCUT2D eigenvalue weighted by atomic mass is 10.0. The van der Waals surface area contributed by atoms with E-state index in [1.54, 1.807) is 30.3 Å². The maximum atomic E-state index is 14.5. The Labute approximate surface area is 180 Å². The molecule has 0 radical (unpaired) electrons. The van der Waals surface area contributed by atoms with E-state index in [0.717, 1.165) is 33.9 Å². The molecule has 0 aliphatic carbocycles. The molecule has 0 fully saturated rings. The molecule has 4 aromatic carbocycles. The van der Waals surface area contributed by atoms with Crippen molar-refractivity contribution in [3.63, 3.8) is 0 Å². The quantitative estimate of drug-likeness (QED) is 0.315. The molecule has 4 aromatic rings. The summed E-state index contributed by atoms with van der Waals surface area (Å²) in [5.74, 6) is 4.95. The number of fused-ring (bicyclic) bond motifs is 1. The molecule has 0 aromatic heterocycles. The number of hydrogen-bond donors (Lipinski definition) is 0. The van der Waals surface area contributed by atoms with Crippen molar-refractivity contribution in [1.82, 2.24) is 0 Å². The Hall–Kier alpha value is -3.51. The SMILES string of the molecule is CCc1ccc(CCc2ccc(C#Cc3ccc4cc(F)ccc4c3)c(F)c2)c(F)c1. The normalized spacial score (nSPS) is 10.7. The third-order valence-corrected chi connectivity index (χ3v) is 5.39. The van der Waals surface area contributed by atoms with E-state index in [9.17, 15) is 13.2 Å². The Bertz CT molecular complexity index is 1310. The van der Waals surface area contributed by atoms with E-state index in [2.05, 4.69) is 11.8 Å². The highest BCUT2D eigenvalue weighted by Gasteiger charge is 2.06. The van der Waals surface area contributed by atoms with Gasteiger partial charge in [0.2, 0.25) is 0 Å². The molecule has 0 atom stereocenters. The molecular weight excluding hydrogens is 393 g/mol. The first-order valence-corrected chi connectivity index (χ1v) is 10.3. The Kier molecular flexibility index (Phi) is 6.09. The number of halogens is 3. The van der Waals surface area contributed by atoms with E-state index < -0.39 is 5.82 Å². The summed E-state index contributed by atoms with van der Waals surface area (Å²) in [5, 5.41) is 1.67. The molecule has 0 aliphatic heterocycles. The van der Waals surface area contributed by atoms with Crippen molar-refractivity contribution in [2.45, 2.75) is 26.2 Å². The third-order valence-electron chi connectivity index (χ3n) is 5.39. The van der Waals surface area contributed by atoms with Gasteiger partial charge in [-0.1, -0.05) is 49.1 Å². The molecule has 3 heteroatoms. The lowest BCUT2D eigenvalue weighted by molar-refractivity contribution is 0.605. The summed E-state index contributed by atoms with van der Waals surface area (Å²) < 4.78 is 42.0. The Morgan fingerprint density at radius 2 is 1.39 bits per heavy atom. The fourth-order valence-corrected chi connectivity index (χ4v) is 3.54. The van der Waals surface area contributed by atoms with Crippen LogP contribution in [0.3, 0.4) is 0 Å². The van der Waals surface area contributed by atoms with Crippen LogP contribution in [0.1, 0.15) is 34.7 Å². The molecule has 154 valence electrons. The molecule has 0 aliphatic rings. The van der Waals surface area contributed by atoms with E-state index in [4.69, 9.17) is 0 Å². The maximum Gasteiger partial charge on any atom is 0.139 e. The van der Waals surface area contributed by atoms with Crippen molar-refractivity contribution in [2.24, 2.45) is 0 Å². The summed E-state index contributed by atoms with van der Waals surface area (Å²) >= 11 is 0. The standard InChI is InChI=1S/C28H21F3/c1-2-19-3-8-22(27(30)16-19)10-5-21-6-11-23(28(31)17-21)9-4-20-7-12-25-18-26(29)14-13-24(25)15-20/h3,6-8,11-18H,2,5,10H2,1H3. The zero-order valence-corrected chi connectivity index (χ0v) is 17.2. The molecule has 31 heavy (non-hydrogen) atoms. The maximum absolute atomic E-state index is 14.5. The van der Waals surface area contributed by atoms with Crippen LogP contribution in [-0.4, -0.2) is 0 Å². The van der Waals surface area contributed by atoms with Gasteiger partial charge in [0.15, 0.2) is 0 Å². The van der Waals surface area contributed by atoms with Gasteiger partial charge in [0.05, 0.1) is 5.56 Å². The van der Waals surface area contributed by atoms with Gasteiger partial charge in [-0.25, -0.2) is 13.2 Å². The largest absolute Gasteiger partial charge is 0.207 e. The number of hydrogen-bond acceptors (Lipinski definition) is 0. The van der Waals surface area contributed by atoms with Crippen LogP contribution in [0.4, 0.5) is 13.2 Å². The van der Waals surface area contributed by atoms with E-state index in [1.165, 1.54) is 18.2 Å². The van der Waals surface area contributed by atoms with Crippen LogP contribution >= 0.6 is 0 Å². The van der Waals surface area contributed by atoms with Gasteiger partial charge in [0, 0.05) is 5.56 Å². The van der Waals surface area contributed by atoms with Crippen LogP contribution in [0.5, 0.6) is 0 Å². The highest BCUT2D eigenvalue weighted by atomic mass is 19.1. The summed E-state index contributed by atoms with van der Waals surface area (Å²) in [6.07, 6.45) is 1.86. The van der Waals surface area contributed by atoms with Gasteiger partial charge in [0.1, 0.15) is 17.5 Å². The minimum absolute atomic E-state index is 0.208. The van der Waals surface area contributed by atoms with E-state index in [1.807, 2.05) is 31.2 Å². The van der Waals surface area contributed by atoms with Crippen LogP contribution in [0.2, 0.25) is 0 Å². The van der Waals surface area contributed by atoms with Crippen molar-refractivity contribution in [3.05, 3.63) is 118 Å². The third kappa shape index (κ3) is 4.98. The van der Waals surface area contributed by atoms with Crippen molar-refractivity contribution >= 4 is 10.8 Å². The Morgan fingerprint density at radius 3 is 2.16 bits per heavy atom. The summed E-state index contributed by atoms with van der Waals surface area (Å²) in [5.41, 5.74) is 3.44. The molecule has 0 bridgehead atoms. The highest BCUT2D eigenvalue weighted by molar-refractivity contribution is 5.84. The highest BCUT2D eigenvalue weighted by Crippen LogP contribution is 2.18. The molecule has 0 amide bonds. The molecular formula is C28H21F3. The molecule has 0 saturated carbocycles. The summed E-state index contributed by atoms with van der Waals surface area (Å²) in [6, 6.07) is 20.3. The predicted molar refractivity (Wildman–Crippen MR) is 119 cm³/mol. The topological polar surface area (TPSA) is 0 Å². The molecule has 0 unspecified atom stereocenters. The molecule has 0 saturated heterocycles. The van der Waals surface area contributed by atoms with Crippen molar-refractivity contribution < 1.29 is 13.2 Å². The zero-order chi connectivity index (χ0) is 21.8. The van der Waals surface area contributed by atoms with Gasteiger partial charge in [-0.3, -0.25) is 0 Å². The minimum atomic E-state index is -0.394. The lowest BCUT2D eigenvalue weighted by Gasteiger charge is -2.06. The van der Waals surface area contributed by atoms with Crippen LogP contribution < -0.4 is 0 Å². The van der Waals surface area contributed by atoms with Crippen molar-refractivity contribution in [1.29, 1.82) is 0 Å². The average Bonchev–Trinajstić information content (AvgIpc) is 2.77. The predicted octanol–water partition coefficient (Wildman–Crippen LogP) is 7.00. The number of benzene rings is 4. The average molecular weight is 414 g/mol. The van der Waals surface area contributed by atoms with Gasteiger partial charge in [0.25, 0.3) is 0 Å². The monoisotopic (exact) mass is 414 g/mol. The minimum Gasteiger partial charge on any atom is -0.207 e. The molecule has 0 heterocycles. The number of aryl methyl sites for hydroxylation is 3. The smallest absolute Gasteiger partial charge is 0.139 e. The second-order valence-corrected chi connectivity index (χ2v) is 7.55. The van der Waals surface area contributed by atoms with Crippen LogP contribution in [0.15, 0.2) is 72.8 Å². The first kappa shape index (κ1) is 20.8. The fraction of sp³-hybridized carbons (Fsp3) is 0.143. The van der Waals surface area contributed by atoms with Gasteiger partial charge < -0.3 is 0 Å². The van der Waals surface area contributed by atoms with Gasteiger partial charge in [-0.2, -0.15) is 0 Å². The van der Waals surface area contributed by atoms with Crippen molar-refractivity contribution in [3.8, 4) is 11.8 Å². The fourth-order valence-electron chi connectivity index (χ4n) is 3.54. The van der Waals surface area contributed by atoms with Crippen molar-refractivity contribution in [2.75, 3.05) is 0 Å². The Balaban J connectivity index is 1.48.